The first-order valence-electron chi connectivity index (χ1n) is 9.98. The van der Waals surface area contributed by atoms with Gasteiger partial charge in [-0.1, -0.05) is 30.0 Å². The van der Waals surface area contributed by atoms with Gasteiger partial charge in [-0.15, -0.1) is 0 Å². The van der Waals surface area contributed by atoms with Gasteiger partial charge in [-0.3, -0.25) is 13.9 Å². The van der Waals surface area contributed by atoms with Crippen molar-refractivity contribution in [1.82, 2.24) is 9.13 Å². The molecule has 0 saturated carbocycles. The maximum atomic E-state index is 13.1. The number of aromatic nitrogens is 2. The van der Waals surface area contributed by atoms with Crippen molar-refractivity contribution in [2.75, 3.05) is 11.3 Å². The Balaban J connectivity index is 1.79. The Hall–Kier alpha value is -3.17. The second-order valence-electron chi connectivity index (χ2n) is 7.16. The Bertz CT molecular complexity index is 1420. The minimum absolute atomic E-state index is 0.124. The van der Waals surface area contributed by atoms with Crippen LogP contribution in [0.15, 0.2) is 86.2 Å². The number of ether oxygens (including phenoxy) is 1. The number of fused-ring (bicyclic) bond motifs is 1. The molecular weight excluding hydrogens is 446 g/mol. The van der Waals surface area contributed by atoms with Gasteiger partial charge in [0, 0.05) is 23.9 Å². The van der Waals surface area contributed by atoms with E-state index in [1.54, 1.807) is 36.9 Å². The second kappa shape index (κ2) is 8.76. The number of imidazole rings is 1. The standard InChI is InChI=1S/C23H23N3O4S2/c1-4-30-16-10-12-18(13-11-16)32(28,29)24-19-14-20-21(26(3)23(27)25(20)2)15-22(19)31-17-8-6-5-7-9-17/h5-15,24H,4H2,1-3H3. The van der Waals surface area contributed by atoms with Gasteiger partial charge in [0.2, 0.25) is 0 Å². The summed E-state index contributed by atoms with van der Waals surface area (Å²) in [7, 11) is -0.492. The zero-order chi connectivity index (χ0) is 22.9. The number of benzene rings is 3. The van der Waals surface area contributed by atoms with Crippen LogP contribution < -0.4 is 15.1 Å². The summed E-state index contributed by atoms with van der Waals surface area (Å²) in [4.78, 5) is 14.2. The highest BCUT2D eigenvalue weighted by Crippen LogP contribution is 2.37. The van der Waals surface area contributed by atoms with Gasteiger partial charge in [0.25, 0.3) is 10.0 Å². The van der Waals surface area contributed by atoms with Crippen LogP contribution in [-0.4, -0.2) is 24.2 Å². The minimum atomic E-state index is -3.86. The monoisotopic (exact) mass is 469 g/mol. The van der Waals surface area contributed by atoms with Crippen molar-refractivity contribution in [3.05, 3.63) is 77.2 Å². The summed E-state index contributed by atoms with van der Waals surface area (Å²) in [5.41, 5.74) is 1.59. The first-order chi connectivity index (χ1) is 15.3. The van der Waals surface area contributed by atoms with Crippen LogP contribution in [0.2, 0.25) is 0 Å². The number of hydrogen-bond donors (Lipinski definition) is 1. The van der Waals surface area contributed by atoms with Crippen LogP contribution in [0, 0.1) is 0 Å². The molecule has 1 heterocycles. The third-order valence-electron chi connectivity index (χ3n) is 5.03. The smallest absolute Gasteiger partial charge is 0.328 e. The molecule has 4 aromatic rings. The van der Waals surface area contributed by atoms with E-state index in [0.29, 0.717) is 28.5 Å². The zero-order valence-corrected chi connectivity index (χ0v) is 19.5. The quantitative estimate of drug-likeness (QED) is 0.438. The van der Waals surface area contributed by atoms with E-state index >= 15 is 0 Å². The molecule has 0 fully saturated rings. The van der Waals surface area contributed by atoms with Gasteiger partial charge in [-0.05, 0) is 55.5 Å². The van der Waals surface area contributed by atoms with Crippen LogP contribution in [0.25, 0.3) is 11.0 Å². The molecule has 166 valence electrons. The summed E-state index contributed by atoms with van der Waals surface area (Å²) in [5.74, 6) is 0.604. The molecule has 3 aromatic carbocycles. The maximum absolute atomic E-state index is 13.1. The van der Waals surface area contributed by atoms with Crippen molar-refractivity contribution in [2.45, 2.75) is 21.6 Å². The van der Waals surface area contributed by atoms with E-state index in [-0.39, 0.29) is 10.6 Å². The fourth-order valence-corrected chi connectivity index (χ4v) is 5.46. The molecule has 1 N–H and O–H groups in total. The predicted octanol–water partition coefficient (Wildman–Crippen LogP) is 4.23. The van der Waals surface area contributed by atoms with Crippen LogP contribution in [0.1, 0.15) is 6.92 Å². The lowest BCUT2D eigenvalue weighted by molar-refractivity contribution is 0.340. The van der Waals surface area contributed by atoms with E-state index in [2.05, 4.69) is 4.72 Å². The third-order valence-corrected chi connectivity index (χ3v) is 7.48. The average molecular weight is 470 g/mol. The van der Waals surface area contributed by atoms with Crippen molar-refractivity contribution in [3.63, 3.8) is 0 Å². The highest BCUT2D eigenvalue weighted by molar-refractivity contribution is 7.99. The summed E-state index contributed by atoms with van der Waals surface area (Å²) in [6.07, 6.45) is 0. The minimum Gasteiger partial charge on any atom is -0.494 e. The largest absolute Gasteiger partial charge is 0.494 e. The van der Waals surface area contributed by atoms with Crippen LogP contribution in [0.3, 0.4) is 0 Å². The average Bonchev–Trinajstić information content (AvgIpc) is 2.99. The van der Waals surface area contributed by atoms with Gasteiger partial charge in [0.1, 0.15) is 5.75 Å². The van der Waals surface area contributed by atoms with Gasteiger partial charge in [-0.25, -0.2) is 13.2 Å². The Morgan fingerprint density at radius 3 is 2.19 bits per heavy atom. The fourth-order valence-electron chi connectivity index (χ4n) is 3.39. The summed E-state index contributed by atoms with van der Waals surface area (Å²) < 4.78 is 37.4. The molecule has 0 amide bonds. The van der Waals surface area contributed by atoms with Crippen LogP contribution >= 0.6 is 11.8 Å². The van der Waals surface area contributed by atoms with Crippen molar-refractivity contribution in [2.24, 2.45) is 14.1 Å². The van der Waals surface area contributed by atoms with E-state index in [1.807, 2.05) is 43.3 Å². The number of hydrogen-bond acceptors (Lipinski definition) is 5. The number of sulfonamides is 1. The predicted molar refractivity (Wildman–Crippen MR) is 127 cm³/mol. The molecule has 0 saturated heterocycles. The zero-order valence-electron chi connectivity index (χ0n) is 17.9. The lowest BCUT2D eigenvalue weighted by Crippen LogP contribution is -2.19. The number of anilines is 1. The highest BCUT2D eigenvalue weighted by Gasteiger charge is 2.20. The van der Waals surface area contributed by atoms with Gasteiger partial charge in [-0.2, -0.15) is 0 Å². The third kappa shape index (κ3) is 4.26. The molecule has 0 radical (unpaired) electrons. The van der Waals surface area contributed by atoms with Crippen molar-refractivity contribution < 1.29 is 13.2 Å². The topological polar surface area (TPSA) is 82.3 Å². The molecule has 9 heteroatoms. The summed E-state index contributed by atoms with van der Waals surface area (Å²) in [5, 5.41) is 0. The highest BCUT2D eigenvalue weighted by atomic mass is 32.2. The summed E-state index contributed by atoms with van der Waals surface area (Å²) in [6, 6.07) is 19.5. The lowest BCUT2D eigenvalue weighted by atomic mass is 10.3. The van der Waals surface area contributed by atoms with E-state index in [1.165, 1.54) is 28.5 Å². The van der Waals surface area contributed by atoms with Crippen LogP contribution in [0.4, 0.5) is 5.69 Å². The molecule has 32 heavy (non-hydrogen) atoms. The number of rotatable bonds is 7. The van der Waals surface area contributed by atoms with Crippen molar-refractivity contribution in [3.8, 4) is 5.75 Å². The Morgan fingerprint density at radius 1 is 0.938 bits per heavy atom. The van der Waals surface area contributed by atoms with Crippen molar-refractivity contribution >= 4 is 38.5 Å². The van der Waals surface area contributed by atoms with Gasteiger partial charge < -0.3 is 4.74 Å². The Labute approximate surface area is 190 Å². The number of nitrogens with one attached hydrogen (secondary N) is 1. The lowest BCUT2D eigenvalue weighted by Gasteiger charge is -2.14. The SMILES string of the molecule is CCOc1ccc(S(=O)(=O)Nc2cc3c(cc2Sc2ccccc2)n(C)c(=O)n3C)cc1. The summed E-state index contributed by atoms with van der Waals surface area (Å²) in [6.45, 7) is 2.37. The second-order valence-corrected chi connectivity index (χ2v) is 9.96. The number of nitrogens with zero attached hydrogens (tertiary/aromatic N) is 2. The molecule has 0 spiro atoms. The van der Waals surface area contributed by atoms with E-state index < -0.39 is 10.0 Å². The van der Waals surface area contributed by atoms with E-state index in [4.69, 9.17) is 4.74 Å². The van der Waals surface area contributed by atoms with Gasteiger partial charge in [0.15, 0.2) is 0 Å². The van der Waals surface area contributed by atoms with E-state index in [9.17, 15) is 13.2 Å². The molecule has 4 rings (SSSR count). The molecule has 0 unspecified atom stereocenters. The van der Waals surface area contributed by atoms with Crippen molar-refractivity contribution in [1.29, 1.82) is 0 Å². The molecule has 0 atom stereocenters. The maximum Gasteiger partial charge on any atom is 0.328 e. The number of aryl methyl sites for hydroxylation is 2. The molecular formula is C23H23N3O4S2. The first kappa shape index (κ1) is 22.0. The fraction of sp³-hybridized carbons (Fsp3) is 0.174. The normalized spacial score (nSPS) is 11.6. The van der Waals surface area contributed by atoms with E-state index in [0.717, 1.165) is 10.4 Å². The molecule has 0 aliphatic heterocycles. The molecule has 0 bridgehead atoms. The molecule has 1 aromatic heterocycles. The van der Waals surface area contributed by atoms with Crippen LogP contribution in [-0.2, 0) is 24.1 Å². The van der Waals surface area contributed by atoms with Gasteiger partial charge >= 0.3 is 5.69 Å². The van der Waals surface area contributed by atoms with Gasteiger partial charge in [0.05, 0.1) is 28.2 Å². The molecule has 0 aliphatic carbocycles. The summed E-state index contributed by atoms with van der Waals surface area (Å²) >= 11 is 1.43. The Morgan fingerprint density at radius 2 is 1.56 bits per heavy atom. The van der Waals surface area contributed by atoms with Crippen LogP contribution in [0.5, 0.6) is 5.75 Å². The molecule has 7 nitrogen and oxygen atoms in total. The molecule has 0 aliphatic rings. The Kier molecular flexibility index (Phi) is 6.03. The first-order valence-corrected chi connectivity index (χ1v) is 12.3.